The molecule has 2 rings (SSSR count). The first-order valence-electron chi connectivity index (χ1n) is 6.52. The number of carbonyl (C=O) groups excluding carboxylic acids is 1. The number of ether oxygens (including phenoxy) is 2. The zero-order chi connectivity index (χ0) is 14.5. The van der Waals surface area contributed by atoms with Crippen LogP contribution in [0.25, 0.3) is 0 Å². The molecule has 0 aliphatic carbocycles. The van der Waals surface area contributed by atoms with Crippen molar-refractivity contribution < 1.29 is 14.3 Å². The van der Waals surface area contributed by atoms with Gasteiger partial charge >= 0.3 is 5.97 Å². The van der Waals surface area contributed by atoms with E-state index in [9.17, 15) is 4.79 Å². The van der Waals surface area contributed by atoms with Crippen molar-refractivity contribution in [1.29, 1.82) is 0 Å². The number of carbonyl (C=O) groups is 1. The minimum absolute atomic E-state index is 0.101. The van der Waals surface area contributed by atoms with E-state index in [2.05, 4.69) is 0 Å². The molecule has 2 aromatic carbocycles. The predicted molar refractivity (Wildman–Crippen MR) is 78.2 cm³/mol. The van der Waals surface area contributed by atoms with Gasteiger partial charge in [-0.15, -0.1) is 0 Å². The Balaban J connectivity index is 1.90. The predicted octanol–water partition coefficient (Wildman–Crippen LogP) is 3.60. The normalized spacial score (nSPS) is 10.2. The third-order valence-electron chi connectivity index (χ3n) is 2.93. The molecule has 0 atom stereocenters. The first-order valence-corrected chi connectivity index (χ1v) is 6.52. The average Bonchev–Trinajstić information content (AvgIpc) is 2.41. The van der Waals surface area contributed by atoms with Crippen LogP contribution in [0.3, 0.4) is 0 Å². The summed E-state index contributed by atoms with van der Waals surface area (Å²) in [6.07, 6.45) is 0. The molecule has 104 valence electrons. The monoisotopic (exact) mass is 270 g/mol. The molecule has 0 spiro atoms. The summed E-state index contributed by atoms with van der Waals surface area (Å²) in [5, 5.41) is 0. The van der Waals surface area contributed by atoms with Crippen LogP contribution < -0.4 is 9.47 Å². The second-order valence-electron chi connectivity index (χ2n) is 4.84. The molecular weight excluding hydrogens is 252 g/mol. The van der Waals surface area contributed by atoms with Crippen molar-refractivity contribution in [3.05, 3.63) is 59.2 Å². The molecule has 0 bridgehead atoms. The molecule has 0 saturated carbocycles. The average molecular weight is 270 g/mol. The third kappa shape index (κ3) is 3.85. The lowest BCUT2D eigenvalue weighted by Gasteiger charge is -2.09. The molecule has 0 heterocycles. The van der Waals surface area contributed by atoms with Gasteiger partial charge in [-0.05, 0) is 44.5 Å². The van der Waals surface area contributed by atoms with Crippen molar-refractivity contribution in [2.45, 2.75) is 20.8 Å². The first kappa shape index (κ1) is 14.1. The molecular formula is C17H18O3. The van der Waals surface area contributed by atoms with Crippen molar-refractivity contribution in [1.82, 2.24) is 0 Å². The maximum atomic E-state index is 11.7. The molecule has 0 aliphatic rings. The Morgan fingerprint density at radius 2 is 1.60 bits per heavy atom. The first-order chi connectivity index (χ1) is 9.54. The fourth-order valence-electron chi connectivity index (χ4n) is 1.84. The highest BCUT2D eigenvalue weighted by molar-refractivity contribution is 5.74. The summed E-state index contributed by atoms with van der Waals surface area (Å²) in [6, 6.07) is 13.2. The van der Waals surface area contributed by atoms with Gasteiger partial charge in [-0.25, -0.2) is 4.79 Å². The molecule has 0 amide bonds. The van der Waals surface area contributed by atoms with E-state index < -0.39 is 5.97 Å². The fraction of sp³-hybridized carbons (Fsp3) is 0.235. The minimum atomic E-state index is -0.405. The number of rotatable bonds is 4. The second kappa shape index (κ2) is 6.24. The topological polar surface area (TPSA) is 35.5 Å². The van der Waals surface area contributed by atoms with E-state index in [1.807, 2.05) is 57.2 Å². The van der Waals surface area contributed by atoms with Crippen LogP contribution in [0.4, 0.5) is 0 Å². The van der Waals surface area contributed by atoms with Gasteiger partial charge in [0.1, 0.15) is 11.5 Å². The van der Waals surface area contributed by atoms with E-state index >= 15 is 0 Å². The van der Waals surface area contributed by atoms with Gasteiger partial charge in [0, 0.05) is 0 Å². The van der Waals surface area contributed by atoms with Crippen molar-refractivity contribution in [2.24, 2.45) is 0 Å². The van der Waals surface area contributed by atoms with Gasteiger partial charge in [0.25, 0.3) is 0 Å². The van der Waals surface area contributed by atoms with Gasteiger partial charge in [-0.3, -0.25) is 0 Å². The number of hydrogen-bond donors (Lipinski definition) is 0. The highest BCUT2D eigenvalue weighted by Crippen LogP contribution is 2.19. The van der Waals surface area contributed by atoms with Crippen molar-refractivity contribution in [2.75, 3.05) is 6.61 Å². The van der Waals surface area contributed by atoms with E-state index in [1.165, 1.54) is 0 Å². The quantitative estimate of drug-likeness (QED) is 0.629. The lowest BCUT2D eigenvalue weighted by molar-refractivity contribution is -0.136. The summed E-state index contributed by atoms with van der Waals surface area (Å²) in [6.45, 7) is 5.81. The number of esters is 1. The van der Waals surface area contributed by atoms with E-state index in [-0.39, 0.29) is 6.61 Å². The van der Waals surface area contributed by atoms with Crippen molar-refractivity contribution in [3.63, 3.8) is 0 Å². The van der Waals surface area contributed by atoms with Crippen LogP contribution >= 0.6 is 0 Å². The molecule has 0 saturated heterocycles. The summed E-state index contributed by atoms with van der Waals surface area (Å²) in [5.74, 6) is 0.832. The molecule has 3 heteroatoms. The van der Waals surface area contributed by atoms with E-state index in [1.54, 1.807) is 6.07 Å². The van der Waals surface area contributed by atoms with Crippen LogP contribution in [0.5, 0.6) is 11.5 Å². The van der Waals surface area contributed by atoms with Crippen LogP contribution in [-0.2, 0) is 4.79 Å². The van der Waals surface area contributed by atoms with Crippen LogP contribution in [0.1, 0.15) is 16.7 Å². The van der Waals surface area contributed by atoms with Crippen LogP contribution in [0.15, 0.2) is 42.5 Å². The largest absolute Gasteiger partial charge is 0.482 e. The number of hydrogen-bond acceptors (Lipinski definition) is 3. The molecule has 0 aliphatic heterocycles. The lowest BCUT2D eigenvalue weighted by Crippen LogP contribution is -2.18. The molecule has 0 N–H and O–H groups in total. The summed E-state index contributed by atoms with van der Waals surface area (Å²) in [7, 11) is 0. The summed E-state index contributed by atoms with van der Waals surface area (Å²) in [5.41, 5.74) is 3.22. The van der Waals surface area contributed by atoms with E-state index in [0.29, 0.717) is 11.5 Å². The van der Waals surface area contributed by atoms with Crippen molar-refractivity contribution >= 4 is 5.97 Å². The molecule has 3 nitrogen and oxygen atoms in total. The van der Waals surface area contributed by atoms with E-state index in [0.717, 1.165) is 16.7 Å². The minimum Gasteiger partial charge on any atom is -0.482 e. The molecule has 0 radical (unpaired) electrons. The highest BCUT2D eigenvalue weighted by Gasteiger charge is 2.08. The van der Waals surface area contributed by atoms with Crippen LogP contribution in [-0.4, -0.2) is 12.6 Å². The van der Waals surface area contributed by atoms with Gasteiger partial charge in [0.15, 0.2) is 6.61 Å². The van der Waals surface area contributed by atoms with Gasteiger partial charge in [-0.2, -0.15) is 0 Å². The van der Waals surface area contributed by atoms with Gasteiger partial charge in [0.2, 0.25) is 0 Å². The van der Waals surface area contributed by atoms with Gasteiger partial charge < -0.3 is 9.47 Å². The van der Waals surface area contributed by atoms with Gasteiger partial charge in [-0.1, -0.05) is 35.4 Å². The van der Waals surface area contributed by atoms with Crippen LogP contribution in [0.2, 0.25) is 0 Å². The molecule has 0 aromatic heterocycles. The second-order valence-corrected chi connectivity index (χ2v) is 4.84. The smallest absolute Gasteiger partial charge is 0.349 e. The summed E-state index contributed by atoms with van der Waals surface area (Å²) >= 11 is 0. The molecule has 0 unspecified atom stereocenters. The summed E-state index contributed by atoms with van der Waals surface area (Å²) < 4.78 is 10.7. The van der Waals surface area contributed by atoms with Crippen LogP contribution in [0, 0.1) is 20.8 Å². The zero-order valence-corrected chi connectivity index (χ0v) is 12.0. The standard InChI is InChI=1S/C17H18O3/c1-12-4-7-15(8-5-12)19-11-17(18)20-16-9-6-13(2)10-14(16)3/h4-10H,11H2,1-3H3. The molecule has 20 heavy (non-hydrogen) atoms. The lowest BCUT2D eigenvalue weighted by atomic mass is 10.1. The highest BCUT2D eigenvalue weighted by atomic mass is 16.6. The Morgan fingerprint density at radius 1 is 0.950 bits per heavy atom. The molecule has 2 aromatic rings. The molecule has 0 fully saturated rings. The zero-order valence-electron chi connectivity index (χ0n) is 12.0. The Morgan fingerprint density at radius 3 is 2.25 bits per heavy atom. The Labute approximate surface area is 119 Å². The maximum absolute atomic E-state index is 11.7. The fourth-order valence-corrected chi connectivity index (χ4v) is 1.84. The Hall–Kier alpha value is -2.29. The third-order valence-corrected chi connectivity index (χ3v) is 2.93. The van der Waals surface area contributed by atoms with Crippen molar-refractivity contribution in [3.8, 4) is 11.5 Å². The maximum Gasteiger partial charge on any atom is 0.349 e. The number of benzene rings is 2. The SMILES string of the molecule is Cc1ccc(OCC(=O)Oc2ccc(C)cc2C)cc1. The Bertz CT molecular complexity index is 600. The van der Waals surface area contributed by atoms with Gasteiger partial charge in [0.05, 0.1) is 0 Å². The Kier molecular flexibility index (Phi) is 4.41. The number of aryl methyl sites for hydroxylation is 3. The van der Waals surface area contributed by atoms with E-state index in [4.69, 9.17) is 9.47 Å². The summed E-state index contributed by atoms with van der Waals surface area (Å²) in [4.78, 5) is 11.7.